The molecular weight excluding hydrogens is 464 g/mol. The number of hydrogen-bond acceptors (Lipinski definition) is 6. The molecule has 2 aromatic heterocycles. The van der Waals surface area contributed by atoms with E-state index in [1.54, 1.807) is 24.3 Å². The number of esters is 2. The third-order valence-electron chi connectivity index (χ3n) is 5.46. The summed E-state index contributed by atoms with van der Waals surface area (Å²) < 4.78 is 12.1. The minimum absolute atomic E-state index is 0.233. The van der Waals surface area contributed by atoms with Gasteiger partial charge in [-0.1, -0.05) is 48.5 Å². The summed E-state index contributed by atoms with van der Waals surface area (Å²) in [6.45, 7) is 7.80. The Balaban J connectivity index is 1.99. The van der Waals surface area contributed by atoms with Gasteiger partial charge in [0.1, 0.15) is 9.75 Å². The Morgan fingerprint density at radius 2 is 0.912 bits per heavy atom. The molecule has 0 fully saturated rings. The fourth-order valence-corrected chi connectivity index (χ4v) is 5.04. The first kappa shape index (κ1) is 23.7. The SMILES string of the molecule is Cc1cccc(C)c1/C(OC(=O)c1cccs1)=C(\OC(=O)c1cccs1)c1c(C)cccc1C. The molecule has 34 heavy (non-hydrogen) atoms. The van der Waals surface area contributed by atoms with Crippen LogP contribution in [-0.4, -0.2) is 11.9 Å². The van der Waals surface area contributed by atoms with Crippen LogP contribution < -0.4 is 0 Å². The van der Waals surface area contributed by atoms with E-state index in [2.05, 4.69) is 0 Å². The molecule has 4 aromatic rings. The Morgan fingerprint density at radius 1 is 0.559 bits per heavy atom. The summed E-state index contributed by atoms with van der Waals surface area (Å²) in [5.74, 6) is -0.528. The number of ether oxygens (including phenoxy) is 2. The van der Waals surface area contributed by atoms with Crippen LogP contribution in [0, 0.1) is 27.7 Å². The summed E-state index contributed by atoms with van der Waals surface area (Å²) in [5, 5.41) is 3.64. The molecule has 0 aliphatic carbocycles. The lowest BCUT2D eigenvalue weighted by Gasteiger charge is -2.21. The first-order valence-corrected chi connectivity index (χ1v) is 12.5. The molecule has 0 N–H and O–H groups in total. The predicted octanol–water partition coefficient (Wildman–Crippen LogP) is 7.58. The lowest BCUT2D eigenvalue weighted by molar-refractivity contribution is 0.0651. The maximum atomic E-state index is 13.1. The molecule has 4 nitrogen and oxygen atoms in total. The molecule has 0 amide bonds. The van der Waals surface area contributed by atoms with Crippen molar-refractivity contribution >= 4 is 46.1 Å². The molecule has 172 valence electrons. The Hall–Kier alpha value is -3.48. The zero-order valence-electron chi connectivity index (χ0n) is 19.4. The van der Waals surface area contributed by atoms with E-state index in [1.807, 2.05) is 74.9 Å². The van der Waals surface area contributed by atoms with E-state index >= 15 is 0 Å². The van der Waals surface area contributed by atoms with E-state index in [9.17, 15) is 9.59 Å². The summed E-state index contributed by atoms with van der Waals surface area (Å²) in [5.41, 5.74) is 5.08. The van der Waals surface area contributed by atoms with Gasteiger partial charge in [-0.25, -0.2) is 9.59 Å². The zero-order valence-corrected chi connectivity index (χ0v) is 21.0. The van der Waals surface area contributed by atoms with E-state index in [4.69, 9.17) is 9.47 Å². The van der Waals surface area contributed by atoms with Crippen molar-refractivity contribution in [3.05, 3.63) is 115 Å². The summed E-state index contributed by atoms with van der Waals surface area (Å²) in [6.07, 6.45) is 0. The lowest BCUT2D eigenvalue weighted by Crippen LogP contribution is -2.12. The molecule has 0 atom stereocenters. The van der Waals surface area contributed by atoms with E-state index < -0.39 is 11.9 Å². The average molecular weight is 489 g/mol. The zero-order chi connectivity index (χ0) is 24.2. The van der Waals surface area contributed by atoms with E-state index in [-0.39, 0.29) is 11.5 Å². The summed E-state index contributed by atoms with van der Waals surface area (Å²) in [4.78, 5) is 27.2. The minimum atomic E-state index is -0.497. The van der Waals surface area contributed by atoms with Gasteiger partial charge in [0.15, 0.2) is 11.5 Å². The molecule has 0 unspecified atom stereocenters. The highest BCUT2D eigenvalue weighted by Gasteiger charge is 2.27. The van der Waals surface area contributed by atoms with Crippen molar-refractivity contribution in [1.82, 2.24) is 0 Å². The maximum absolute atomic E-state index is 13.1. The summed E-state index contributed by atoms with van der Waals surface area (Å²) in [7, 11) is 0. The Morgan fingerprint density at radius 3 is 1.21 bits per heavy atom. The second-order valence-corrected chi connectivity index (χ2v) is 9.82. The molecule has 0 bridgehead atoms. The molecule has 2 heterocycles. The van der Waals surface area contributed by atoms with Gasteiger partial charge in [0.2, 0.25) is 0 Å². The smallest absolute Gasteiger partial charge is 0.353 e. The number of thiophene rings is 2. The van der Waals surface area contributed by atoms with Gasteiger partial charge in [-0.05, 0) is 72.8 Å². The summed E-state index contributed by atoms with van der Waals surface area (Å²) in [6, 6.07) is 18.7. The molecule has 6 heteroatoms. The quantitative estimate of drug-likeness (QED) is 0.159. The molecule has 0 aliphatic heterocycles. The fourth-order valence-electron chi connectivity index (χ4n) is 3.84. The van der Waals surface area contributed by atoms with E-state index in [0.29, 0.717) is 9.75 Å². The normalized spacial score (nSPS) is 11.6. The van der Waals surface area contributed by atoms with Crippen LogP contribution in [0.5, 0.6) is 0 Å². The predicted molar refractivity (Wildman–Crippen MR) is 138 cm³/mol. The van der Waals surface area contributed by atoms with Gasteiger partial charge < -0.3 is 9.47 Å². The largest absolute Gasteiger partial charge is 0.418 e. The van der Waals surface area contributed by atoms with E-state index in [1.165, 1.54) is 22.7 Å². The van der Waals surface area contributed by atoms with Gasteiger partial charge in [-0.3, -0.25) is 0 Å². The highest BCUT2D eigenvalue weighted by Crippen LogP contribution is 2.37. The van der Waals surface area contributed by atoms with Crippen LogP contribution in [0.15, 0.2) is 71.4 Å². The highest BCUT2D eigenvalue weighted by molar-refractivity contribution is 7.12. The number of rotatable bonds is 6. The van der Waals surface area contributed by atoms with Crippen molar-refractivity contribution < 1.29 is 19.1 Å². The van der Waals surface area contributed by atoms with Crippen molar-refractivity contribution in [2.24, 2.45) is 0 Å². The van der Waals surface area contributed by atoms with Crippen molar-refractivity contribution in [2.75, 3.05) is 0 Å². The molecule has 0 spiro atoms. The Labute approximate surface area is 207 Å². The van der Waals surface area contributed by atoms with Crippen molar-refractivity contribution in [3.8, 4) is 0 Å². The van der Waals surface area contributed by atoms with Gasteiger partial charge in [-0.15, -0.1) is 22.7 Å². The second-order valence-electron chi connectivity index (χ2n) is 7.93. The van der Waals surface area contributed by atoms with Crippen LogP contribution in [0.1, 0.15) is 52.7 Å². The van der Waals surface area contributed by atoms with Crippen LogP contribution in [-0.2, 0) is 9.47 Å². The molecule has 0 saturated carbocycles. The van der Waals surface area contributed by atoms with E-state index in [0.717, 1.165) is 33.4 Å². The number of benzene rings is 2. The lowest BCUT2D eigenvalue weighted by atomic mass is 9.95. The van der Waals surface area contributed by atoms with Crippen LogP contribution in [0.25, 0.3) is 11.5 Å². The summed E-state index contributed by atoms with van der Waals surface area (Å²) >= 11 is 2.60. The fraction of sp³-hybridized carbons (Fsp3) is 0.143. The second kappa shape index (κ2) is 10.2. The number of carbonyl (C=O) groups is 2. The maximum Gasteiger partial charge on any atom is 0.353 e. The van der Waals surface area contributed by atoms with Gasteiger partial charge in [0.05, 0.1) is 0 Å². The average Bonchev–Trinajstić information content (AvgIpc) is 3.52. The van der Waals surface area contributed by atoms with Crippen LogP contribution in [0.3, 0.4) is 0 Å². The molecule has 4 rings (SSSR count). The third-order valence-corrected chi connectivity index (χ3v) is 7.16. The van der Waals surface area contributed by atoms with Gasteiger partial charge in [0.25, 0.3) is 0 Å². The van der Waals surface area contributed by atoms with Crippen molar-refractivity contribution in [3.63, 3.8) is 0 Å². The third kappa shape index (κ3) is 4.88. The molecule has 0 aliphatic rings. The van der Waals surface area contributed by atoms with Gasteiger partial charge >= 0.3 is 11.9 Å². The van der Waals surface area contributed by atoms with Crippen LogP contribution in [0.2, 0.25) is 0 Å². The number of carbonyl (C=O) groups excluding carboxylic acids is 2. The minimum Gasteiger partial charge on any atom is -0.418 e. The number of hydrogen-bond donors (Lipinski definition) is 0. The highest BCUT2D eigenvalue weighted by atomic mass is 32.1. The van der Waals surface area contributed by atoms with Crippen LogP contribution >= 0.6 is 22.7 Å². The monoisotopic (exact) mass is 488 g/mol. The molecule has 0 saturated heterocycles. The van der Waals surface area contributed by atoms with Gasteiger partial charge in [-0.2, -0.15) is 0 Å². The van der Waals surface area contributed by atoms with Crippen LogP contribution in [0.4, 0.5) is 0 Å². The molecular formula is C28H24O4S2. The first-order chi connectivity index (χ1) is 16.4. The number of aryl methyl sites for hydroxylation is 4. The van der Waals surface area contributed by atoms with Crippen molar-refractivity contribution in [2.45, 2.75) is 27.7 Å². The Bertz CT molecular complexity index is 1220. The van der Waals surface area contributed by atoms with Crippen molar-refractivity contribution in [1.29, 1.82) is 0 Å². The standard InChI is InChI=1S/C28H24O4S2/c1-17-9-5-10-18(2)23(17)25(31-27(29)21-13-7-15-33-21)26(24-19(3)11-6-12-20(24)4)32-28(30)22-14-8-16-34-22/h5-16H,1-4H3/b26-25+. The first-order valence-electron chi connectivity index (χ1n) is 10.8. The topological polar surface area (TPSA) is 52.6 Å². The molecule has 0 radical (unpaired) electrons. The molecule has 2 aromatic carbocycles. The Kier molecular flexibility index (Phi) is 7.10. The van der Waals surface area contributed by atoms with Gasteiger partial charge in [0, 0.05) is 11.1 Å².